The van der Waals surface area contributed by atoms with E-state index >= 15 is 0 Å². The number of hydrogen-bond acceptors (Lipinski definition) is 3. The number of nitrogens with two attached hydrogens (primary N) is 1. The van der Waals surface area contributed by atoms with Gasteiger partial charge in [0.1, 0.15) is 5.52 Å². The molecule has 1 saturated carbocycles. The number of rotatable bonds is 2. The number of aromatic amines is 1. The molecule has 0 saturated heterocycles. The third kappa shape index (κ3) is 2.37. The van der Waals surface area contributed by atoms with E-state index in [0.717, 1.165) is 33.8 Å². The van der Waals surface area contributed by atoms with Gasteiger partial charge >= 0.3 is 0 Å². The molecule has 0 bridgehead atoms. The zero-order valence-electron chi connectivity index (χ0n) is 12.6. The molecule has 0 amide bonds. The average Bonchev–Trinajstić information content (AvgIpc) is 3.19. The number of hydrogen-bond donors (Lipinski definition) is 2. The van der Waals surface area contributed by atoms with Crippen LogP contribution in [-0.2, 0) is 0 Å². The normalized spacial score (nSPS) is 15.5. The van der Waals surface area contributed by atoms with Crippen LogP contribution in [0.15, 0.2) is 39.7 Å². The van der Waals surface area contributed by atoms with Gasteiger partial charge in [0, 0.05) is 22.3 Å². The standard InChI is InChI=1S/C17H17BrN4O/c18-11-7-5-10(6-8-11)13-9-22(12-3-1-2-4-12)15-14(13)16(19)20-21-17(15)23/h5-9,12H,1-4H2,(H2,19,20)(H,21,23). The fourth-order valence-electron chi connectivity index (χ4n) is 3.55. The SMILES string of the molecule is Nc1n[nH]c(=O)c2c1c(-c1ccc(Br)cc1)cn2C1CCCC1. The lowest BCUT2D eigenvalue weighted by atomic mass is 10.1. The number of nitrogens with one attached hydrogen (secondary N) is 1. The summed E-state index contributed by atoms with van der Waals surface area (Å²) in [5, 5.41) is 7.24. The molecule has 0 spiro atoms. The third-order valence-electron chi connectivity index (χ3n) is 4.65. The van der Waals surface area contributed by atoms with E-state index in [2.05, 4.69) is 36.9 Å². The number of fused-ring (bicyclic) bond motifs is 1. The van der Waals surface area contributed by atoms with Crippen LogP contribution in [0.1, 0.15) is 31.7 Å². The Morgan fingerprint density at radius 3 is 2.61 bits per heavy atom. The van der Waals surface area contributed by atoms with E-state index in [1.54, 1.807) is 0 Å². The van der Waals surface area contributed by atoms with Crippen molar-refractivity contribution in [2.75, 3.05) is 5.73 Å². The largest absolute Gasteiger partial charge is 0.382 e. The van der Waals surface area contributed by atoms with Gasteiger partial charge in [0.25, 0.3) is 5.56 Å². The highest BCUT2D eigenvalue weighted by atomic mass is 79.9. The van der Waals surface area contributed by atoms with Crippen molar-refractivity contribution in [1.82, 2.24) is 14.8 Å². The fraction of sp³-hybridized carbons (Fsp3) is 0.294. The summed E-state index contributed by atoms with van der Waals surface area (Å²) in [5.74, 6) is 0.370. The van der Waals surface area contributed by atoms with Crippen molar-refractivity contribution >= 4 is 32.7 Å². The highest BCUT2D eigenvalue weighted by molar-refractivity contribution is 9.10. The van der Waals surface area contributed by atoms with E-state index in [-0.39, 0.29) is 5.56 Å². The maximum Gasteiger partial charge on any atom is 0.288 e. The Hall–Kier alpha value is -2.08. The highest BCUT2D eigenvalue weighted by Gasteiger charge is 2.23. The summed E-state index contributed by atoms with van der Waals surface area (Å²) in [5.41, 5.74) is 8.57. The van der Waals surface area contributed by atoms with Gasteiger partial charge < -0.3 is 10.3 Å². The lowest BCUT2D eigenvalue weighted by molar-refractivity contribution is 0.534. The topological polar surface area (TPSA) is 76.7 Å². The zero-order chi connectivity index (χ0) is 16.0. The molecule has 1 fully saturated rings. The number of H-pyrrole nitrogens is 1. The number of anilines is 1. The first-order chi connectivity index (χ1) is 11.1. The zero-order valence-corrected chi connectivity index (χ0v) is 14.1. The first kappa shape index (κ1) is 14.5. The Morgan fingerprint density at radius 1 is 1.22 bits per heavy atom. The summed E-state index contributed by atoms with van der Waals surface area (Å²) in [4.78, 5) is 12.4. The highest BCUT2D eigenvalue weighted by Crippen LogP contribution is 2.38. The third-order valence-corrected chi connectivity index (χ3v) is 5.18. The predicted octanol–water partition coefficient (Wildman–Crippen LogP) is 3.85. The van der Waals surface area contributed by atoms with Crippen LogP contribution in [0.4, 0.5) is 5.82 Å². The van der Waals surface area contributed by atoms with Crippen molar-refractivity contribution in [2.24, 2.45) is 0 Å². The van der Waals surface area contributed by atoms with Crippen LogP contribution in [0.5, 0.6) is 0 Å². The summed E-state index contributed by atoms with van der Waals surface area (Å²) in [6.07, 6.45) is 6.68. The smallest absolute Gasteiger partial charge is 0.288 e. The molecule has 1 aliphatic carbocycles. The molecular formula is C17H17BrN4O. The summed E-state index contributed by atoms with van der Waals surface area (Å²) >= 11 is 3.46. The van der Waals surface area contributed by atoms with Gasteiger partial charge in [-0.25, -0.2) is 5.10 Å². The minimum atomic E-state index is -0.176. The molecule has 1 aliphatic rings. The van der Waals surface area contributed by atoms with E-state index < -0.39 is 0 Å². The lowest BCUT2D eigenvalue weighted by Crippen LogP contribution is -2.15. The Labute approximate surface area is 141 Å². The van der Waals surface area contributed by atoms with Crippen molar-refractivity contribution in [2.45, 2.75) is 31.7 Å². The number of nitrogens with zero attached hydrogens (tertiary/aromatic N) is 2. The molecular weight excluding hydrogens is 356 g/mol. The molecule has 2 aromatic heterocycles. The second-order valence-electron chi connectivity index (χ2n) is 6.06. The molecule has 0 unspecified atom stereocenters. The average molecular weight is 373 g/mol. The minimum Gasteiger partial charge on any atom is -0.382 e. The monoisotopic (exact) mass is 372 g/mol. The van der Waals surface area contributed by atoms with Crippen LogP contribution in [0.2, 0.25) is 0 Å². The molecule has 0 aliphatic heterocycles. The maximum absolute atomic E-state index is 12.4. The van der Waals surface area contributed by atoms with E-state index in [4.69, 9.17) is 5.73 Å². The van der Waals surface area contributed by atoms with Crippen LogP contribution >= 0.6 is 15.9 Å². The molecule has 3 aromatic rings. The van der Waals surface area contributed by atoms with E-state index in [1.807, 2.05) is 24.3 Å². The molecule has 6 heteroatoms. The van der Waals surface area contributed by atoms with Gasteiger partial charge in [0.15, 0.2) is 5.82 Å². The summed E-state index contributed by atoms with van der Waals surface area (Å²) in [6, 6.07) is 8.40. The van der Waals surface area contributed by atoms with Gasteiger partial charge in [-0.05, 0) is 30.5 Å². The molecule has 0 radical (unpaired) electrons. The number of benzene rings is 1. The maximum atomic E-state index is 12.4. The Bertz CT molecular complexity index is 920. The van der Waals surface area contributed by atoms with Crippen molar-refractivity contribution in [3.63, 3.8) is 0 Å². The molecule has 118 valence electrons. The van der Waals surface area contributed by atoms with E-state index in [1.165, 1.54) is 12.8 Å². The Balaban J connectivity index is 2.02. The molecule has 23 heavy (non-hydrogen) atoms. The van der Waals surface area contributed by atoms with Gasteiger partial charge in [0.2, 0.25) is 0 Å². The van der Waals surface area contributed by atoms with E-state index in [9.17, 15) is 4.79 Å². The van der Waals surface area contributed by atoms with Crippen LogP contribution in [-0.4, -0.2) is 14.8 Å². The minimum absolute atomic E-state index is 0.176. The van der Waals surface area contributed by atoms with Crippen LogP contribution in [0.25, 0.3) is 22.0 Å². The summed E-state index contributed by atoms with van der Waals surface area (Å²) in [6.45, 7) is 0. The quantitative estimate of drug-likeness (QED) is 0.716. The molecule has 0 atom stereocenters. The molecule has 1 aromatic carbocycles. The number of nitrogen functional groups attached to an aromatic ring is 1. The van der Waals surface area contributed by atoms with Crippen LogP contribution in [0.3, 0.4) is 0 Å². The van der Waals surface area contributed by atoms with Crippen molar-refractivity contribution in [1.29, 1.82) is 0 Å². The molecule has 2 heterocycles. The molecule has 3 N–H and O–H groups in total. The van der Waals surface area contributed by atoms with Crippen LogP contribution < -0.4 is 11.3 Å². The summed E-state index contributed by atoms with van der Waals surface area (Å²) < 4.78 is 3.13. The predicted molar refractivity (Wildman–Crippen MR) is 95.4 cm³/mol. The first-order valence-electron chi connectivity index (χ1n) is 7.80. The van der Waals surface area contributed by atoms with Crippen molar-refractivity contribution in [3.05, 3.63) is 45.3 Å². The van der Waals surface area contributed by atoms with Gasteiger partial charge in [0.05, 0.1) is 5.39 Å². The van der Waals surface area contributed by atoms with Gasteiger partial charge in [-0.2, -0.15) is 5.10 Å². The Morgan fingerprint density at radius 2 is 1.91 bits per heavy atom. The number of aromatic nitrogens is 3. The van der Waals surface area contributed by atoms with Gasteiger partial charge in [-0.15, -0.1) is 0 Å². The fourth-order valence-corrected chi connectivity index (χ4v) is 3.82. The van der Waals surface area contributed by atoms with Gasteiger partial charge in [-0.3, -0.25) is 4.79 Å². The van der Waals surface area contributed by atoms with Crippen molar-refractivity contribution < 1.29 is 0 Å². The first-order valence-corrected chi connectivity index (χ1v) is 8.59. The Kier molecular flexibility index (Phi) is 3.49. The van der Waals surface area contributed by atoms with E-state index in [0.29, 0.717) is 17.4 Å². The number of halogens is 1. The summed E-state index contributed by atoms with van der Waals surface area (Å²) in [7, 11) is 0. The second kappa shape index (κ2) is 5.53. The molecule has 4 rings (SSSR count). The lowest BCUT2D eigenvalue weighted by Gasteiger charge is -2.12. The second-order valence-corrected chi connectivity index (χ2v) is 6.97. The van der Waals surface area contributed by atoms with Crippen LogP contribution in [0, 0.1) is 0 Å². The van der Waals surface area contributed by atoms with Gasteiger partial charge in [-0.1, -0.05) is 40.9 Å². The molecule has 5 nitrogen and oxygen atoms in total. The van der Waals surface area contributed by atoms with Crippen molar-refractivity contribution in [3.8, 4) is 11.1 Å².